The van der Waals surface area contributed by atoms with Crippen LogP contribution in [0.25, 0.3) is 0 Å². The molecule has 4 aromatic carbocycles. The minimum atomic E-state index is -4.19. The molecule has 0 spiro atoms. The van der Waals surface area contributed by atoms with Gasteiger partial charge < -0.3 is 10.2 Å². The number of halogens is 2. The van der Waals surface area contributed by atoms with Crippen LogP contribution in [0.15, 0.2) is 102 Å². The van der Waals surface area contributed by atoms with Crippen molar-refractivity contribution in [1.82, 2.24) is 10.2 Å². The summed E-state index contributed by atoms with van der Waals surface area (Å²) in [5.41, 5.74) is 3.48. The monoisotopic (exact) mass is 679 g/mol. The van der Waals surface area contributed by atoms with Gasteiger partial charge in [0.1, 0.15) is 12.6 Å². The van der Waals surface area contributed by atoms with Gasteiger partial charge in [0, 0.05) is 35.1 Å². The predicted octanol–water partition coefficient (Wildman–Crippen LogP) is 7.36. The Hall–Kier alpha value is -3.85. The van der Waals surface area contributed by atoms with Crippen LogP contribution in [0.4, 0.5) is 5.69 Å². The molecule has 0 radical (unpaired) electrons. The molecule has 0 saturated carbocycles. The SMILES string of the molecule is CCCCNC(=O)[C@@H](Cc1ccccc1)N(Cc1c(Cl)cccc1Cl)C(=O)CN(c1ccc(C)c(C)c1)S(=O)(=O)c1ccccc1. The van der Waals surface area contributed by atoms with Gasteiger partial charge in [0.2, 0.25) is 11.8 Å². The molecule has 0 aromatic heterocycles. The van der Waals surface area contributed by atoms with E-state index in [1.54, 1.807) is 48.5 Å². The van der Waals surface area contributed by atoms with E-state index in [-0.39, 0.29) is 23.8 Å². The normalized spacial score (nSPS) is 11.9. The summed E-state index contributed by atoms with van der Waals surface area (Å²) in [7, 11) is -4.19. The van der Waals surface area contributed by atoms with Crippen molar-refractivity contribution in [2.75, 3.05) is 17.4 Å². The summed E-state index contributed by atoms with van der Waals surface area (Å²) in [6.45, 7) is 5.61. The molecule has 242 valence electrons. The largest absolute Gasteiger partial charge is 0.354 e. The molecule has 2 amide bonds. The standard InChI is InChI=1S/C36H39Cl2N3O4S/c1-4-5-21-39-36(43)34(23-28-13-8-6-9-14-28)40(24-31-32(37)17-12-18-33(31)38)35(42)25-41(29-20-19-26(2)27(3)22-29)46(44,45)30-15-10-7-11-16-30/h6-20,22,34H,4-5,21,23-25H2,1-3H3,(H,39,43)/t34-/m1/s1. The molecule has 4 aromatic rings. The van der Waals surface area contributed by atoms with E-state index in [1.165, 1.54) is 17.0 Å². The fourth-order valence-corrected chi connectivity index (χ4v) is 6.99. The van der Waals surface area contributed by atoms with E-state index in [2.05, 4.69) is 5.32 Å². The van der Waals surface area contributed by atoms with Crippen molar-refractivity contribution in [3.05, 3.63) is 129 Å². The Bertz CT molecular complexity index is 1730. The van der Waals surface area contributed by atoms with E-state index in [0.29, 0.717) is 27.8 Å². The van der Waals surface area contributed by atoms with E-state index >= 15 is 0 Å². The lowest BCUT2D eigenvalue weighted by atomic mass is 10.0. The zero-order valence-electron chi connectivity index (χ0n) is 26.2. The highest BCUT2D eigenvalue weighted by Crippen LogP contribution is 2.29. The van der Waals surface area contributed by atoms with Gasteiger partial charge in [0.05, 0.1) is 10.6 Å². The van der Waals surface area contributed by atoms with Gasteiger partial charge in [-0.05, 0) is 73.4 Å². The molecule has 0 unspecified atom stereocenters. The molecule has 0 heterocycles. The van der Waals surface area contributed by atoms with Crippen molar-refractivity contribution in [2.45, 2.75) is 57.5 Å². The van der Waals surface area contributed by atoms with E-state index in [1.807, 2.05) is 57.2 Å². The van der Waals surface area contributed by atoms with E-state index < -0.39 is 28.5 Å². The molecular weight excluding hydrogens is 641 g/mol. The summed E-state index contributed by atoms with van der Waals surface area (Å²) in [6, 6.07) is 26.7. The van der Waals surface area contributed by atoms with Crippen molar-refractivity contribution < 1.29 is 18.0 Å². The first kappa shape index (κ1) is 35.0. The number of aryl methyl sites for hydroxylation is 2. The van der Waals surface area contributed by atoms with Crippen LogP contribution in [-0.4, -0.2) is 44.3 Å². The van der Waals surface area contributed by atoms with Gasteiger partial charge in [-0.3, -0.25) is 13.9 Å². The minimum absolute atomic E-state index is 0.0415. The lowest BCUT2D eigenvalue weighted by Crippen LogP contribution is -2.53. The zero-order chi connectivity index (χ0) is 33.3. The highest BCUT2D eigenvalue weighted by molar-refractivity contribution is 7.92. The van der Waals surface area contributed by atoms with Crippen LogP contribution < -0.4 is 9.62 Å². The van der Waals surface area contributed by atoms with Crippen LogP contribution >= 0.6 is 23.2 Å². The maximum atomic E-state index is 14.6. The van der Waals surface area contributed by atoms with Crippen LogP contribution in [0, 0.1) is 13.8 Å². The molecule has 0 aliphatic rings. The third kappa shape index (κ3) is 8.69. The van der Waals surface area contributed by atoms with Gasteiger partial charge in [-0.2, -0.15) is 0 Å². The number of unbranched alkanes of at least 4 members (excludes halogenated alkanes) is 1. The number of amides is 2. The Balaban J connectivity index is 1.83. The number of benzene rings is 4. The molecule has 46 heavy (non-hydrogen) atoms. The Labute approximate surface area is 282 Å². The zero-order valence-corrected chi connectivity index (χ0v) is 28.6. The third-order valence-electron chi connectivity index (χ3n) is 7.88. The fourth-order valence-electron chi connectivity index (χ4n) is 5.04. The highest BCUT2D eigenvalue weighted by Gasteiger charge is 2.35. The quantitative estimate of drug-likeness (QED) is 0.141. The Morgan fingerprint density at radius 1 is 0.826 bits per heavy atom. The number of carbonyl (C=O) groups excluding carboxylic acids is 2. The van der Waals surface area contributed by atoms with Crippen LogP contribution in [-0.2, 0) is 32.6 Å². The van der Waals surface area contributed by atoms with Gasteiger partial charge in [-0.1, -0.05) is 97.2 Å². The van der Waals surface area contributed by atoms with Gasteiger partial charge in [-0.25, -0.2) is 8.42 Å². The average molecular weight is 681 g/mol. The number of anilines is 1. The summed E-state index contributed by atoms with van der Waals surface area (Å²) >= 11 is 13.2. The Morgan fingerprint density at radius 3 is 2.07 bits per heavy atom. The lowest BCUT2D eigenvalue weighted by Gasteiger charge is -2.34. The number of hydrogen-bond acceptors (Lipinski definition) is 4. The second-order valence-electron chi connectivity index (χ2n) is 11.2. The molecule has 4 rings (SSSR count). The summed E-state index contributed by atoms with van der Waals surface area (Å²) in [6.07, 6.45) is 1.84. The van der Waals surface area contributed by atoms with Gasteiger partial charge in [-0.15, -0.1) is 0 Å². The summed E-state index contributed by atoms with van der Waals surface area (Å²) in [4.78, 5) is 29.9. The second-order valence-corrected chi connectivity index (χ2v) is 13.8. The number of rotatable bonds is 14. The molecule has 0 aliphatic carbocycles. The number of nitrogens with zero attached hydrogens (tertiary/aromatic N) is 2. The maximum absolute atomic E-state index is 14.6. The van der Waals surface area contributed by atoms with Crippen LogP contribution in [0.2, 0.25) is 10.0 Å². The second kappa shape index (κ2) is 16.1. The topological polar surface area (TPSA) is 86.8 Å². The molecule has 0 saturated heterocycles. The van der Waals surface area contributed by atoms with Crippen LogP contribution in [0.5, 0.6) is 0 Å². The molecule has 1 atom stereocenters. The van der Waals surface area contributed by atoms with Gasteiger partial charge in [0.15, 0.2) is 0 Å². The van der Waals surface area contributed by atoms with E-state index in [9.17, 15) is 18.0 Å². The first-order chi connectivity index (χ1) is 22.0. The third-order valence-corrected chi connectivity index (χ3v) is 10.4. The maximum Gasteiger partial charge on any atom is 0.264 e. The number of hydrogen-bond donors (Lipinski definition) is 1. The molecule has 10 heteroatoms. The summed E-state index contributed by atoms with van der Waals surface area (Å²) < 4.78 is 29.4. The number of nitrogens with one attached hydrogen (secondary N) is 1. The lowest BCUT2D eigenvalue weighted by molar-refractivity contribution is -0.140. The highest BCUT2D eigenvalue weighted by atomic mass is 35.5. The molecule has 1 N–H and O–H groups in total. The average Bonchev–Trinajstić information content (AvgIpc) is 3.05. The van der Waals surface area contributed by atoms with E-state index in [0.717, 1.165) is 33.8 Å². The smallest absolute Gasteiger partial charge is 0.264 e. The first-order valence-corrected chi connectivity index (χ1v) is 17.4. The van der Waals surface area contributed by atoms with Crippen LogP contribution in [0.1, 0.15) is 42.0 Å². The summed E-state index contributed by atoms with van der Waals surface area (Å²) in [5.74, 6) is -0.933. The number of sulfonamides is 1. The number of carbonyl (C=O) groups is 2. The van der Waals surface area contributed by atoms with Crippen molar-refractivity contribution in [1.29, 1.82) is 0 Å². The van der Waals surface area contributed by atoms with Crippen molar-refractivity contribution in [3.63, 3.8) is 0 Å². The van der Waals surface area contributed by atoms with E-state index in [4.69, 9.17) is 23.2 Å². The molecule has 0 fully saturated rings. The Morgan fingerprint density at radius 2 is 1.46 bits per heavy atom. The van der Waals surface area contributed by atoms with Crippen molar-refractivity contribution in [3.8, 4) is 0 Å². The van der Waals surface area contributed by atoms with Crippen molar-refractivity contribution in [2.24, 2.45) is 0 Å². The van der Waals surface area contributed by atoms with Gasteiger partial charge >= 0.3 is 0 Å². The minimum Gasteiger partial charge on any atom is -0.354 e. The first-order valence-electron chi connectivity index (χ1n) is 15.2. The molecular formula is C36H39Cl2N3O4S. The molecule has 0 bridgehead atoms. The van der Waals surface area contributed by atoms with Crippen LogP contribution in [0.3, 0.4) is 0 Å². The molecule has 0 aliphatic heterocycles. The predicted molar refractivity (Wildman–Crippen MR) is 186 cm³/mol. The van der Waals surface area contributed by atoms with Crippen molar-refractivity contribution >= 4 is 50.7 Å². The molecule has 7 nitrogen and oxygen atoms in total. The fraction of sp³-hybridized carbons (Fsp3) is 0.278. The summed E-state index contributed by atoms with van der Waals surface area (Å²) in [5, 5.41) is 3.64. The van der Waals surface area contributed by atoms with Gasteiger partial charge in [0.25, 0.3) is 10.0 Å². The Kier molecular flexibility index (Phi) is 12.3.